The fourth-order valence-corrected chi connectivity index (χ4v) is 2.87. The molecule has 4 nitrogen and oxygen atoms in total. The van der Waals surface area contributed by atoms with E-state index in [1.165, 1.54) is 37.0 Å². The molecule has 0 aromatic carbocycles. The van der Waals surface area contributed by atoms with Crippen molar-refractivity contribution in [1.29, 1.82) is 0 Å². The molecule has 2 N–H and O–H groups in total. The molecule has 0 saturated heterocycles. The number of nitrogens with two attached hydrogens (primary N) is 1. The molecule has 0 unspecified atom stereocenters. The normalized spacial score (nSPS) is 16.3. The van der Waals surface area contributed by atoms with Crippen molar-refractivity contribution < 1.29 is 9.53 Å². The summed E-state index contributed by atoms with van der Waals surface area (Å²) in [6, 6.07) is 0. The first-order valence-corrected chi connectivity index (χ1v) is 6.99. The van der Waals surface area contributed by atoms with Crippen LogP contribution in [0.5, 0.6) is 0 Å². The van der Waals surface area contributed by atoms with Crippen molar-refractivity contribution in [3.63, 3.8) is 0 Å². The van der Waals surface area contributed by atoms with Crippen LogP contribution in [0.3, 0.4) is 0 Å². The zero-order valence-corrected chi connectivity index (χ0v) is 10.7. The average molecular weight is 254 g/mol. The second-order valence-corrected chi connectivity index (χ2v) is 5.36. The zero-order chi connectivity index (χ0) is 12.1. The predicted octanol–water partition coefficient (Wildman–Crippen LogP) is 1.99. The van der Waals surface area contributed by atoms with Crippen molar-refractivity contribution in [1.82, 2.24) is 4.98 Å². The van der Waals surface area contributed by atoms with E-state index in [4.69, 9.17) is 10.5 Å². The third-order valence-electron chi connectivity index (χ3n) is 3.04. The number of thiazole rings is 1. The summed E-state index contributed by atoms with van der Waals surface area (Å²) in [6.45, 7) is 1.10. The number of aromatic nitrogens is 1. The van der Waals surface area contributed by atoms with Crippen molar-refractivity contribution in [2.75, 3.05) is 13.2 Å². The predicted molar refractivity (Wildman–Crippen MR) is 67.1 cm³/mol. The monoisotopic (exact) mass is 254 g/mol. The van der Waals surface area contributed by atoms with Crippen LogP contribution >= 0.6 is 11.3 Å². The van der Waals surface area contributed by atoms with Crippen LogP contribution in [0.25, 0.3) is 0 Å². The minimum Gasteiger partial charge on any atom is -0.461 e. The number of nitrogens with zero attached hydrogens (tertiary/aromatic N) is 1. The van der Waals surface area contributed by atoms with Crippen molar-refractivity contribution in [2.45, 2.75) is 32.1 Å². The molecule has 2 rings (SSSR count). The topological polar surface area (TPSA) is 65.2 Å². The fraction of sp³-hybridized carbons (Fsp3) is 0.667. The number of hydrogen-bond donors (Lipinski definition) is 1. The van der Waals surface area contributed by atoms with Gasteiger partial charge in [0.15, 0.2) is 5.69 Å². The van der Waals surface area contributed by atoms with Gasteiger partial charge in [0.25, 0.3) is 0 Å². The molecule has 1 aliphatic carbocycles. The van der Waals surface area contributed by atoms with Gasteiger partial charge >= 0.3 is 5.97 Å². The summed E-state index contributed by atoms with van der Waals surface area (Å²) < 4.78 is 5.28. The lowest BCUT2D eigenvalue weighted by Gasteiger charge is -2.08. The van der Waals surface area contributed by atoms with Gasteiger partial charge in [0.2, 0.25) is 0 Å². The Kier molecular flexibility index (Phi) is 4.50. The van der Waals surface area contributed by atoms with Crippen LogP contribution in [0.15, 0.2) is 5.38 Å². The Morgan fingerprint density at radius 3 is 3.00 bits per heavy atom. The maximum atomic E-state index is 11.7. The lowest BCUT2D eigenvalue weighted by atomic mass is 10.1. The maximum absolute atomic E-state index is 11.7. The number of rotatable bonds is 5. The molecule has 0 radical (unpaired) electrons. The Balaban J connectivity index is 1.81. The minimum atomic E-state index is -0.295. The lowest BCUT2D eigenvalue weighted by Crippen LogP contribution is -2.12. The van der Waals surface area contributed by atoms with Crippen molar-refractivity contribution in [3.05, 3.63) is 16.1 Å². The molecule has 1 saturated carbocycles. The highest BCUT2D eigenvalue weighted by molar-refractivity contribution is 7.09. The molecular weight excluding hydrogens is 236 g/mol. The van der Waals surface area contributed by atoms with Gasteiger partial charge in [0, 0.05) is 11.8 Å². The molecule has 0 spiro atoms. The van der Waals surface area contributed by atoms with E-state index in [-0.39, 0.29) is 5.97 Å². The van der Waals surface area contributed by atoms with Gasteiger partial charge in [0.05, 0.1) is 11.6 Å². The van der Waals surface area contributed by atoms with E-state index in [1.54, 1.807) is 5.38 Å². The van der Waals surface area contributed by atoms with Crippen LogP contribution in [0, 0.1) is 5.92 Å². The van der Waals surface area contributed by atoms with Crippen LogP contribution in [0.2, 0.25) is 0 Å². The quantitative estimate of drug-likeness (QED) is 0.816. The van der Waals surface area contributed by atoms with E-state index in [9.17, 15) is 4.79 Å². The molecule has 0 atom stereocenters. The molecule has 94 valence electrons. The highest BCUT2D eigenvalue weighted by atomic mass is 32.1. The molecule has 1 aromatic heterocycles. The molecule has 1 aliphatic rings. The first-order chi connectivity index (χ1) is 8.29. The summed E-state index contributed by atoms with van der Waals surface area (Å²) in [7, 11) is 0. The van der Waals surface area contributed by atoms with E-state index in [2.05, 4.69) is 4.98 Å². The van der Waals surface area contributed by atoms with Gasteiger partial charge in [-0.15, -0.1) is 11.3 Å². The van der Waals surface area contributed by atoms with Crippen LogP contribution < -0.4 is 5.73 Å². The van der Waals surface area contributed by atoms with Gasteiger partial charge in [-0.05, 0) is 25.3 Å². The highest BCUT2D eigenvalue weighted by Crippen LogP contribution is 2.25. The van der Waals surface area contributed by atoms with Crippen molar-refractivity contribution in [3.8, 4) is 0 Å². The van der Waals surface area contributed by atoms with Gasteiger partial charge in [-0.3, -0.25) is 0 Å². The average Bonchev–Trinajstić information content (AvgIpc) is 2.97. The van der Waals surface area contributed by atoms with Gasteiger partial charge in [-0.1, -0.05) is 12.8 Å². The van der Waals surface area contributed by atoms with Crippen molar-refractivity contribution in [2.24, 2.45) is 11.7 Å². The highest BCUT2D eigenvalue weighted by Gasteiger charge is 2.18. The first-order valence-electron chi connectivity index (χ1n) is 6.11. The van der Waals surface area contributed by atoms with Crippen LogP contribution in [-0.2, 0) is 11.2 Å². The molecule has 5 heteroatoms. The minimum absolute atomic E-state index is 0.295. The van der Waals surface area contributed by atoms with Gasteiger partial charge in [-0.2, -0.15) is 0 Å². The van der Waals surface area contributed by atoms with Crippen LogP contribution in [-0.4, -0.2) is 24.1 Å². The third-order valence-corrected chi connectivity index (χ3v) is 3.95. The number of hydrogen-bond acceptors (Lipinski definition) is 5. The van der Waals surface area contributed by atoms with Crippen LogP contribution in [0.4, 0.5) is 0 Å². The Hall–Kier alpha value is -0.940. The van der Waals surface area contributed by atoms with E-state index in [0.717, 1.165) is 11.4 Å². The summed E-state index contributed by atoms with van der Waals surface area (Å²) in [4.78, 5) is 15.9. The molecule has 0 amide bonds. The Morgan fingerprint density at radius 2 is 2.29 bits per heavy atom. The van der Waals surface area contributed by atoms with E-state index >= 15 is 0 Å². The van der Waals surface area contributed by atoms with E-state index in [0.29, 0.717) is 24.8 Å². The molecule has 0 bridgehead atoms. The fourth-order valence-electron chi connectivity index (χ4n) is 2.09. The van der Waals surface area contributed by atoms with Crippen LogP contribution in [0.1, 0.15) is 41.2 Å². The molecule has 17 heavy (non-hydrogen) atoms. The standard InChI is InChI=1S/C12H18N2O2S/c13-6-5-11-14-10(8-17-11)12(15)16-7-9-3-1-2-4-9/h8-9H,1-7,13H2. The smallest absolute Gasteiger partial charge is 0.357 e. The summed E-state index contributed by atoms with van der Waals surface area (Å²) in [5, 5.41) is 2.66. The van der Waals surface area contributed by atoms with Gasteiger partial charge in [0.1, 0.15) is 0 Å². The molecule has 0 aliphatic heterocycles. The van der Waals surface area contributed by atoms with Gasteiger partial charge in [-0.25, -0.2) is 9.78 Å². The first kappa shape index (κ1) is 12.5. The summed E-state index contributed by atoms with van der Waals surface area (Å²) in [6.07, 6.45) is 5.62. The number of esters is 1. The third kappa shape index (κ3) is 3.51. The second-order valence-electron chi connectivity index (χ2n) is 4.41. The number of carbonyl (C=O) groups is 1. The second kappa shape index (κ2) is 6.12. The van der Waals surface area contributed by atoms with Gasteiger partial charge < -0.3 is 10.5 Å². The summed E-state index contributed by atoms with van der Waals surface area (Å²) in [5.74, 6) is 0.262. The Bertz CT molecular complexity index is 372. The zero-order valence-electron chi connectivity index (χ0n) is 9.85. The Morgan fingerprint density at radius 1 is 1.53 bits per heavy atom. The Labute approximate surface area is 105 Å². The summed E-state index contributed by atoms with van der Waals surface area (Å²) in [5.41, 5.74) is 5.87. The van der Waals surface area contributed by atoms with E-state index in [1.807, 2.05) is 0 Å². The van der Waals surface area contributed by atoms with Crippen molar-refractivity contribution >= 4 is 17.3 Å². The van der Waals surface area contributed by atoms with E-state index < -0.39 is 0 Å². The SMILES string of the molecule is NCCc1nc(C(=O)OCC2CCCC2)cs1. The summed E-state index contributed by atoms with van der Waals surface area (Å²) >= 11 is 1.47. The number of ether oxygens (including phenoxy) is 1. The molecule has 1 heterocycles. The largest absolute Gasteiger partial charge is 0.461 e. The maximum Gasteiger partial charge on any atom is 0.357 e. The molecular formula is C12H18N2O2S. The lowest BCUT2D eigenvalue weighted by molar-refractivity contribution is 0.0436. The molecule has 1 aromatic rings. The number of carbonyl (C=O) groups excluding carboxylic acids is 1. The molecule has 1 fully saturated rings.